The Kier molecular flexibility index (Phi) is 2.52. The van der Waals surface area contributed by atoms with Gasteiger partial charge in [0.15, 0.2) is 5.78 Å². The lowest BCUT2D eigenvalue weighted by molar-refractivity contribution is -0.318. The quantitative estimate of drug-likeness (QED) is 0.620. The highest BCUT2D eigenvalue weighted by Crippen LogP contribution is 2.59. The fourth-order valence-corrected chi connectivity index (χ4v) is 4.44. The molecule has 1 aliphatic heterocycles. The Morgan fingerprint density at radius 1 is 1.33 bits per heavy atom. The Hall–Kier alpha value is -0.670. The fraction of sp³-hybridized carbons (Fsp3) is 0.800. The second-order valence-electron chi connectivity index (χ2n) is 6.81. The van der Waals surface area contributed by atoms with Crippen LogP contribution in [0.4, 0.5) is 0 Å². The lowest BCUT2D eigenvalue weighted by Crippen LogP contribution is -2.54. The van der Waals surface area contributed by atoms with E-state index < -0.39 is 0 Å². The smallest absolute Gasteiger partial charge is 0.161 e. The van der Waals surface area contributed by atoms with Gasteiger partial charge in [-0.25, -0.2) is 9.78 Å². The molecule has 100 valence electrons. The van der Waals surface area contributed by atoms with Gasteiger partial charge in [0.25, 0.3) is 0 Å². The van der Waals surface area contributed by atoms with Gasteiger partial charge in [-0.15, -0.1) is 0 Å². The van der Waals surface area contributed by atoms with Crippen LogP contribution in [0.5, 0.6) is 0 Å². The molecule has 1 heterocycles. The highest BCUT2D eigenvalue weighted by atomic mass is 17.2. The molecule has 0 aromatic carbocycles. The minimum absolute atomic E-state index is 0.0739. The summed E-state index contributed by atoms with van der Waals surface area (Å²) in [6.45, 7) is 8.66. The Morgan fingerprint density at radius 2 is 2.06 bits per heavy atom. The predicted octanol–water partition coefficient (Wildman–Crippen LogP) is 3.05. The van der Waals surface area contributed by atoms with E-state index in [1.807, 2.05) is 0 Å². The molecule has 1 saturated carbocycles. The number of hydrogen-bond donors (Lipinski definition) is 0. The third-order valence-electron chi connectivity index (χ3n) is 5.39. The molecule has 3 rings (SSSR count). The summed E-state index contributed by atoms with van der Waals surface area (Å²) in [6, 6.07) is 0. The maximum Gasteiger partial charge on any atom is 0.161 e. The van der Waals surface area contributed by atoms with Crippen molar-refractivity contribution in [2.45, 2.75) is 58.7 Å². The summed E-state index contributed by atoms with van der Waals surface area (Å²) >= 11 is 0. The summed E-state index contributed by atoms with van der Waals surface area (Å²) in [4.78, 5) is 23.3. The first-order chi connectivity index (χ1) is 8.37. The van der Waals surface area contributed by atoms with Crippen LogP contribution in [-0.2, 0) is 14.6 Å². The first-order valence-corrected chi connectivity index (χ1v) is 6.95. The van der Waals surface area contributed by atoms with Crippen molar-refractivity contribution in [1.82, 2.24) is 0 Å². The van der Waals surface area contributed by atoms with Crippen molar-refractivity contribution in [3.63, 3.8) is 0 Å². The second-order valence-corrected chi connectivity index (χ2v) is 6.81. The van der Waals surface area contributed by atoms with Crippen LogP contribution in [-0.4, -0.2) is 17.5 Å². The minimum Gasteiger partial charge on any atom is -0.294 e. The van der Waals surface area contributed by atoms with E-state index in [-0.39, 0.29) is 28.8 Å². The average Bonchev–Trinajstić information content (AvgIpc) is 2.58. The second kappa shape index (κ2) is 3.67. The van der Waals surface area contributed by atoms with E-state index >= 15 is 0 Å². The maximum atomic E-state index is 12.3. The summed E-state index contributed by atoms with van der Waals surface area (Å²) in [5.74, 6) is 1.02. The van der Waals surface area contributed by atoms with E-state index in [2.05, 4.69) is 33.8 Å². The van der Waals surface area contributed by atoms with Gasteiger partial charge in [-0.2, -0.15) is 0 Å². The van der Waals surface area contributed by atoms with Gasteiger partial charge in [0.2, 0.25) is 0 Å². The van der Waals surface area contributed by atoms with E-state index in [0.717, 1.165) is 18.4 Å². The molecule has 3 heteroatoms. The van der Waals surface area contributed by atoms with Crippen LogP contribution in [0.2, 0.25) is 0 Å². The Bertz CT molecular complexity index is 423. The van der Waals surface area contributed by atoms with E-state index in [4.69, 9.17) is 9.78 Å². The lowest BCUT2D eigenvalue weighted by atomic mass is 9.51. The molecule has 0 aromatic heterocycles. The molecule has 0 radical (unpaired) electrons. The van der Waals surface area contributed by atoms with Crippen LogP contribution >= 0.6 is 0 Å². The van der Waals surface area contributed by atoms with Crippen LogP contribution in [0.3, 0.4) is 0 Å². The zero-order valence-corrected chi connectivity index (χ0v) is 11.7. The molecular formula is C15H22O3. The Labute approximate surface area is 108 Å². The molecule has 1 saturated heterocycles. The van der Waals surface area contributed by atoms with Crippen LogP contribution in [0, 0.1) is 17.3 Å². The SMILES string of the molecule is C[C@H]1CCC=C2C(=O)C[C@@H]3OOC(C)(C)[C@@H]3[C@@]21C. The summed E-state index contributed by atoms with van der Waals surface area (Å²) in [5, 5.41) is 0. The monoisotopic (exact) mass is 250 g/mol. The fourth-order valence-electron chi connectivity index (χ4n) is 4.44. The van der Waals surface area contributed by atoms with E-state index in [1.165, 1.54) is 0 Å². The molecule has 0 N–H and O–H groups in total. The van der Waals surface area contributed by atoms with Crippen molar-refractivity contribution < 1.29 is 14.6 Å². The largest absolute Gasteiger partial charge is 0.294 e. The standard InChI is InChI=1S/C15H22O3/c1-9-6-5-7-10-11(16)8-12-13(15(9,10)4)14(2,3)18-17-12/h7,9,12-13H,5-6,8H2,1-4H3/t9-,12-,13+,15+/m0/s1. The highest BCUT2D eigenvalue weighted by Gasteiger charge is 2.62. The van der Waals surface area contributed by atoms with Gasteiger partial charge in [-0.3, -0.25) is 4.79 Å². The average molecular weight is 250 g/mol. The first-order valence-electron chi connectivity index (χ1n) is 6.95. The van der Waals surface area contributed by atoms with Crippen molar-refractivity contribution >= 4 is 5.78 Å². The number of ketones is 1. The van der Waals surface area contributed by atoms with Crippen molar-refractivity contribution in [3.8, 4) is 0 Å². The van der Waals surface area contributed by atoms with E-state index in [9.17, 15) is 4.79 Å². The van der Waals surface area contributed by atoms with Gasteiger partial charge in [0.1, 0.15) is 11.7 Å². The van der Waals surface area contributed by atoms with Gasteiger partial charge >= 0.3 is 0 Å². The van der Waals surface area contributed by atoms with Gasteiger partial charge in [0.05, 0.1) is 0 Å². The predicted molar refractivity (Wildman–Crippen MR) is 67.7 cm³/mol. The zero-order valence-electron chi connectivity index (χ0n) is 11.7. The molecule has 0 unspecified atom stereocenters. The zero-order chi connectivity index (χ0) is 13.1. The highest BCUT2D eigenvalue weighted by molar-refractivity contribution is 5.98. The van der Waals surface area contributed by atoms with Crippen LogP contribution in [0.25, 0.3) is 0 Å². The molecular weight excluding hydrogens is 228 g/mol. The third-order valence-corrected chi connectivity index (χ3v) is 5.39. The molecule has 3 aliphatic rings. The number of carbonyl (C=O) groups excluding carboxylic acids is 1. The summed E-state index contributed by atoms with van der Waals surface area (Å²) in [5.41, 5.74) is 0.618. The van der Waals surface area contributed by atoms with Crippen LogP contribution < -0.4 is 0 Å². The van der Waals surface area contributed by atoms with Gasteiger partial charge in [-0.05, 0) is 38.2 Å². The number of allylic oxidation sites excluding steroid dienone is 2. The number of hydrogen-bond acceptors (Lipinski definition) is 3. The van der Waals surface area contributed by atoms with Gasteiger partial charge < -0.3 is 0 Å². The summed E-state index contributed by atoms with van der Waals surface area (Å²) in [7, 11) is 0. The van der Waals surface area contributed by atoms with Crippen molar-refractivity contribution in [1.29, 1.82) is 0 Å². The maximum absolute atomic E-state index is 12.3. The lowest BCUT2D eigenvalue weighted by Gasteiger charge is -2.51. The minimum atomic E-state index is -0.315. The Balaban J connectivity index is 2.13. The van der Waals surface area contributed by atoms with E-state index in [0.29, 0.717) is 12.3 Å². The number of rotatable bonds is 0. The molecule has 18 heavy (non-hydrogen) atoms. The molecule has 0 bridgehead atoms. The third kappa shape index (κ3) is 1.41. The summed E-state index contributed by atoms with van der Waals surface area (Å²) in [6.07, 6.45) is 4.73. The van der Waals surface area contributed by atoms with Crippen molar-refractivity contribution in [3.05, 3.63) is 11.6 Å². The molecule has 2 aliphatic carbocycles. The van der Waals surface area contributed by atoms with Gasteiger partial charge in [0, 0.05) is 17.8 Å². The Morgan fingerprint density at radius 3 is 2.78 bits per heavy atom. The van der Waals surface area contributed by atoms with E-state index in [1.54, 1.807) is 0 Å². The van der Waals surface area contributed by atoms with Crippen molar-refractivity contribution in [2.75, 3.05) is 0 Å². The molecule has 0 aromatic rings. The van der Waals surface area contributed by atoms with Crippen molar-refractivity contribution in [2.24, 2.45) is 17.3 Å². The molecule has 4 atom stereocenters. The summed E-state index contributed by atoms with van der Waals surface area (Å²) < 4.78 is 0. The van der Waals surface area contributed by atoms with Crippen LogP contribution in [0.1, 0.15) is 47.0 Å². The normalized spacial score (nSPS) is 46.3. The molecule has 0 spiro atoms. The number of carbonyl (C=O) groups is 1. The molecule has 2 fully saturated rings. The molecule has 3 nitrogen and oxygen atoms in total. The topological polar surface area (TPSA) is 35.5 Å². The number of Topliss-reactive ketones (excluding diaryl/α,β-unsaturated/α-hetero) is 1. The number of fused-ring (bicyclic) bond motifs is 3. The van der Waals surface area contributed by atoms with Gasteiger partial charge in [-0.1, -0.05) is 19.9 Å². The van der Waals surface area contributed by atoms with Crippen LogP contribution in [0.15, 0.2) is 11.6 Å². The first kappa shape index (κ1) is 12.4. The molecule has 0 amide bonds.